The molecule has 1 amide bonds. The van der Waals surface area contributed by atoms with Gasteiger partial charge in [-0.15, -0.1) is 0 Å². The van der Waals surface area contributed by atoms with Gasteiger partial charge in [-0.1, -0.05) is 41.4 Å². The van der Waals surface area contributed by atoms with E-state index < -0.39 is 0 Å². The van der Waals surface area contributed by atoms with Gasteiger partial charge in [0.1, 0.15) is 0 Å². The number of halogens is 1. The zero-order valence-electron chi connectivity index (χ0n) is 11.3. The number of carbonyl (C=O) groups excluding carboxylic acids is 1. The van der Waals surface area contributed by atoms with Crippen LogP contribution in [0.15, 0.2) is 28.7 Å². The first-order valence-electron chi connectivity index (χ1n) is 6.88. The quantitative estimate of drug-likeness (QED) is 0.874. The summed E-state index contributed by atoms with van der Waals surface area (Å²) in [6.45, 7) is 2.54. The summed E-state index contributed by atoms with van der Waals surface area (Å²) in [4.78, 5) is 12.4. The van der Waals surface area contributed by atoms with Crippen molar-refractivity contribution >= 4 is 21.8 Å². The Morgan fingerprint density at radius 2 is 2.05 bits per heavy atom. The molecule has 0 saturated heterocycles. The number of rotatable bonds is 5. The van der Waals surface area contributed by atoms with Gasteiger partial charge in [0.2, 0.25) is 5.91 Å². The molecule has 0 aromatic heterocycles. The molecule has 19 heavy (non-hydrogen) atoms. The van der Waals surface area contributed by atoms with Crippen molar-refractivity contribution in [1.29, 1.82) is 0 Å². The summed E-state index contributed by atoms with van der Waals surface area (Å²) in [5.74, 6) is 0.121. The van der Waals surface area contributed by atoms with Crippen LogP contribution < -0.4 is 11.1 Å². The van der Waals surface area contributed by atoms with Gasteiger partial charge in [-0.25, -0.2) is 0 Å². The van der Waals surface area contributed by atoms with Crippen LogP contribution in [-0.4, -0.2) is 12.5 Å². The Bertz CT molecular complexity index is 434. The van der Waals surface area contributed by atoms with E-state index in [1.54, 1.807) is 0 Å². The van der Waals surface area contributed by atoms with Crippen molar-refractivity contribution in [3.8, 4) is 0 Å². The number of hydrogen-bond donors (Lipinski definition) is 2. The molecule has 1 fully saturated rings. The third-order valence-electron chi connectivity index (χ3n) is 4.17. The molecule has 3 N–H and O–H groups in total. The Morgan fingerprint density at radius 3 is 2.47 bits per heavy atom. The lowest BCUT2D eigenvalue weighted by Gasteiger charge is -2.40. The van der Waals surface area contributed by atoms with Gasteiger partial charge in [-0.05, 0) is 37.0 Å². The van der Waals surface area contributed by atoms with Crippen molar-refractivity contribution in [2.75, 3.05) is 6.54 Å². The van der Waals surface area contributed by atoms with E-state index in [9.17, 15) is 4.79 Å². The number of nitrogens with one attached hydrogen (secondary N) is 1. The molecule has 0 aliphatic heterocycles. The van der Waals surface area contributed by atoms with Gasteiger partial charge in [0.25, 0.3) is 0 Å². The summed E-state index contributed by atoms with van der Waals surface area (Å²) in [7, 11) is 0. The lowest BCUT2D eigenvalue weighted by Crippen LogP contribution is -2.51. The molecule has 1 unspecified atom stereocenters. The second-order valence-corrected chi connectivity index (χ2v) is 6.24. The van der Waals surface area contributed by atoms with Crippen LogP contribution in [0.25, 0.3) is 0 Å². The zero-order valence-corrected chi connectivity index (χ0v) is 12.9. The Balaban J connectivity index is 2.07. The summed E-state index contributed by atoms with van der Waals surface area (Å²) in [6.07, 6.45) is 3.84. The van der Waals surface area contributed by atoms with Gasteiger partial charge >= 0.3 is 0 Å². The highest BCUT2D eigenvalue weighted by Gasteiger charge is 2.43. The van der Waals surface area contributed by atoms with Crippen LogP contribution >= 0.6 is 15.9 Å². The van der Waals surface area contributed by atoms with Crippen LogP contribution in [0.5, 0.6) is 0 Å². The summed E-state index contributed by atoms with van der Waals surface area (Å²) in [5.41, 5.74) is 6.62. The Labute approximate surface area is 123 Å². The molecular formula is C15H21BrN2O. The largest absolute Gasteiger partial charge is 0.349 e. The predicted octanol–water partition coefficient (Wildman–Crippen LogP) is 3.15. The van der Waals surface area contributed by atoms with Crippen molar-refractivity contribution in [3.63, 3.8) is 0 Å². The molecule has 1 aliphatic carbocycles. The second-order valence-electron chi connectivity index (χ2n) is 5.32. The Morgan fingerprint density at radius 1 is 1.42 bits per heavy atom. The van der Waals surface area contributed by atoms with Crippen molar-refractivity contribution in [2.24, 2.45) is 11.1 Å². The molecule has 1 saturated carbocycles. The van der Waals surface area contributed by atoms with E-state index >= 15 is 0 Å². The van der Waals surface area contributed by atoms with E-state index in [1.807, 2.05) is 12.1 Å². The maximum atomic E-state index is 12.4. The van der Waals surface area contributed by atoms with Gasteiger partial charge in [0, 0.05) is 11.0 Å². The van der Waals surface area contributed by atoms with E-state index in [0.29, 0.717) is 6.54 Å². The van der Waals surface area contributed by atoms with Gasteiger partial charge in [0.15, 0.2) is 0 Å². The molecule has 0 bridgehead atoms. The molecule has 4 heteroatoms. The maximum Gasteiger partial charge on any atom is 0.227 e. The Kier molecular flexibility index (Phi) is 4.63. The average molecular weight is 325 g/mol. The lowest BCUT2D eigenvalue weighted by molar-refractivity contribution is -0.136. The first kappa shape index (κ1) is 14.5. The highest BCUT2D eigenvalue weighted by Crippen LogP contribution is 2.40. The minimum Gasteiger partial charge on any atom is -0.349 e. The summed E-state index contributed by atoms with van der Waals surface area (Å²) >= 11 is 3.43. The van der Waals surface area contributed by atoms with Gasteiger partial charge in [0.05, 0.1) is 11.5 Å². The van der Waals surface area contributed by atoms with Crippen molar-refractivity contribution in [1.82, 2.24) is 5.32 Å². The summed E-state index contributed by atoms with van der Waals surface area (Å²) in [5, 5.41) is 3.16. The molecule has 3 nitrogen and oxygen atoms in total. The van der Waals surface area contributed by atoms with Crippen LogP contribution in [-0.2, 0) is 4.79 Å². The van der Waals surface area contributed by atoms with E-state index in [-0.39, 0.29) is 17.4 Å². The molecule has 0 radical (unpaired) electrons. The number of amides is 1. The molecule has 1 aromatic rings. The molecular weight excluding hydrogens is 304 g/mol. The molecule has 0 heterocycles. The van der Waals surface area contributed by atoms with Crippen LogP contribution in [0.3, 0.4) is 0 Å². The topological polar surface area (TPSA) is 55.1 Å². The van der Waals surface area contributed by atoms with Crippen molar-refractivity contribution < 1.29 is 4.79 Å². The van der Waals surface area contributed by atoms with Crippen LogP contribution in [0, 0.1) is 5.41 Å². The molecule has 1 aromatic carbocycles. The van der Waals surface area contributed by atoms with E-state index in [0.717, 1.165) is 35.7 Å². The number of benzene rings is 1. The van der Waals surface area contributed by atoms with Crippen molar-refractivity contribution in [2.45, 2.75) is 38.6 Å². The SMILES string of the molecule is CCC(NC(=O)C1(CN)CCC1)c1ccc(Br)cc1. The number of carbonyl (C=O) groups is 1. The fourth-order valence-electron chi connectivity index (χ4n) is 2.55. The van der Waals surface area contributed by atoms with E-state index in [1.165, 1.54) is 0 Å². The smallest absolute Gasteiger partial charge is 0.227 e. The minimum absolute atomic E-state index is 0.0737. The highest BCUT2D eigenvalue weighted by atomic mass is 79.9. The van der Waals surface area contributed by atoms with Crippen molar-refractivity contribution in [3.05, 3.63) is 34.3 Å². The molecule has 0 spiro atoms. The normalized spacial score (nSPS) is 18.5. The van der Waals surface area contributed by atoms with Gasteiger partial charge in [-0.2, -0.15) is 0 Å². The Hall–Kier alpha value is -0.870. The molecule has 2 rings (SSSR count). The summed E-state index contributed by atoms with van der Waals surface area (Å²) in [6, 6.07) is 8.19. The van der Waals surface area contributed by atoms with Crippen LogP contribution in [0.2, 0.25) is 0 Å². The van der Waals surface area contributed by atoms with Gasteiger partial charge in [-0.3, -0.25) is 4.79 Å². The minimum atomic E-state index is -0.303. The van der Waals surface area contributed by atoms with E-state index in [4.69, 9.17) is 5.73 Å². The third kappa shape index (κ3) is 3.00. The molecule has 1 atom stereocenters. The third-order valence-corrected chi connectivity index (χ3v) is 4.70. The number of nitrogens with two attached hydrogens (primary N) is 1. The number of hydrogen-bond acceptors (Lipinski definition) is 2. The second kappa shape index (κ2) is 6.06. The maximum absolute atomic E-state index is 12.4. The van der Waals surface area contributed by atoms with E-state index in [2.05, 4.69) is 40.3 Å². The van der Waals surface area contributed by atoms with Gasteiger partial charge < -0.3 is 11.1 Å². The molecule has 1 aliphatic rings. The average Bonchev–Trinajstić information content (AvgIpc) is 2.36. The van der Waals surface area contributed by atoms with Crippen LogP contribution in [0.1, 0.15) is 44.2 Å². The van der Waals surface area contributed by atoms with Crippen LogP contribution in [0.4, 0.5) is 0 Å². The fraction of sp³-hybridized carbons (Fsp3) is 0.533. The first-order chi connectivity index (χ1) is 9.11. The zero-order chi connectivity index (χ0) is 13.9. The standard InChI is InChI=1S/C15H21BrN2O/c1-2-13(11-4-6-12(16)7-5-11)18-14(19)15(10-17)8-3-9-15/h4-7,13H,2-3,8-10,17H2,1H3,(H,18,19). The monoisotopic (exact) mass is 324 g/mol. The predicted molar refractivity (Wildman–Crippen MR) is 80.7 cm³/mol. The summed E-state index contributed by atoms with van der Waals surface area (Å²) < 4.78 is 1.05. The molecule has 104 valence electrons. The first-order valence-corrected chi connectivity index (χ1v) is 7.67. The lowest BCUT2D eigenvalue weighted by atomic mass is 9.68. The fourth-order valence-corrected chi connectivity index (χ4v) is 2.82. The highest BCUT2D eigenvalue weighted by molar-refractivity contribution is 9.10.